The van der Waals surface area contributed by atoms with Gasteiger partial charge >= 0.3 is 0 Å². The van der Waals surface area contributed by atoms with Gasteiger partial charge in [0, 0.05) is 72.4 Å². The van der Waals surface area contributed by atoms with Crippen LogP contribution in [0.25, 0.3) is 0 Å². The predicted molar refractivity (Wildman–Crippen MR) is 289 cm³/mol. The molecule has 73 heavy (non-hydrogen) atoms. The van der Waals surface area contributed by atoms with Crippen molar-refractivity contribution in [1.29, 1.82) is 0 Å². The Bertz CT molecular complexity index is 1580. The number of hydrogen-bond donors (Lipinski definition) is 15. The molecular formula is C48H100N18O7. The number of hydrogen-bond acceptors (Lipinski definition) is 15. The van der Waals surface area contributed by atoms with Crippen molar-refractivity contribution in [2.45, 2.75) is 171 Å². The van der Waals surface area contributed by atoms with Crippen LogP contribution in [0.2, 0.25) is 0 Å². The minimum atomic E-state index is -1.06. The molecule has 424 valence electrons. The number of nitrogens with two attached hydrogens (primary N) is 9. The van der Waals surface area contributed by atoms with E-state index in [4.69, 9.17) is 56.3 Å². The van der Waals surface area contributed by atoms with Gasteiger partial charge in [-0.1, -0.05) is 6.42 Å². The Balaban J connectivity index is 4.11. The lowest BCUT2D eigenvalue weighted by Crippen LogP contribution is -2.51. The van der Waals surface area contributed by atoms with E-state index in [0.29, 0.717) is 162 Å². The molecule has 0 aromatic rings. The van der Waals surface area contributed by atoms with E-state index in [0.717, 1.165) is 51.6 Å². The number of methoxy groups -OCH3 is 1. The zero-order valence-corrected chi connectivity index (χ0v) is 44.5. The van der Waals surface area contributed by atoms with Gasteiger partial charge in [-0.3, -0.25) is 38.8 Å². The number of nitrogens with one attached hydrogen (secondary N) is 6. The molecule has 0 aromatic carbocycles. The number of rotatable bonds is 47. The van der Waals surface area contributed by atoms with Crippen molar-refractivity contribution in [2.75, 3.05) is 85.7 Å². The Labute approximate surface area is 435 Å². The van der Waals surface area contributed by atoms with Crippen molar-refractivity contribution < 1.29 is 33.5 Å². The summed E-state index contributed by atoms with van der Waals surface area (Å²) in [5, 5.41) is 17.3. The fourth-order valence-corrected chi connectivity index (χ4v) is 7.44. The maximum atomic E-state index is 12.8. The van der Waals surface area contributed by atoms with Crippen molar-refractivity contribution in [3.63, 3.8) is 0 Å². The second-order valence-corrected chi connectivity index (χ2v) is 19.0. The number of carbonyl (C=O) groups is 6. The highest BCUT2D eigenvalue weighted by atomic mass is 16.5. The van der Waals surface area contributed by atoms with E-state index >= 15 is 0 Å². The van der Waals surface area contributed by atoms with E-state index in [2.05, 4.69) is 46.8 Å². The molecule has 0 saturated carbocycles. The standard InChI is InChI=1S/C48H100N18O7/c1-48(57,23-9-15-26-60-42(69)37(50)21-8-14-29-65-47(55)56)45(72)63-27-12-6-19-39(52)44(71)62-31-17-33-66(34-35-73-2)32-16-30-61-43(70)38(51)18-5-11-24-58-40(67)22-4-3-10-25-59-41(68)36(49)20-7-13-28-64-46(53)54/h36-39H,3-35,49-52,57H2,1-2H3,(H,58,67)(H,59,68)(H,60,69)(H,61,70)(H,62,71)(H,63,72)(H4,53,54,64)(H4,55,56,65)/t36-,37-,38-,39-,48+/m0/s1. The van der Waals surface area contributed by atoms with Crippen molar-refractivity contribution in [1.82, 2.24) is 36.8 Å². The molecule has 25 heteroatoms. The normalized spacial score (nSPS) is 13.6. The highest BCUT2D eigenvalue weighted by Crippen LogP contribution is 2.12. The molecule has 0 spiro atoms. The number of ether oxygens (including phenoxy) is 1. The molecule has 0 unspecified atom stereocenters. The molecule has 0 aliphatic carbocycles. The summed E-state index contributed by atoms with van der Waals surface area (Å²) < 4.78 is 5.28. The van der Waals surface area contributed by atoms with Crippen molar-refractivity contribution in [3.05, 3.63) is 0 Å². The van der Waals surface area contributed by atoms with Crippen LogP contribution in [0, 0.1) is 0 Å². The SMILES string of the molecule is COCCN(CCCNC(=O)[C@@H](N)CCCCNC(=O)CCCCCNC(=O)[C@@H](N)CCCCN=C(N)N)CCCNC(=O)[C@@H](N)CCCCNC(=O)[C@](C)(N)CCCCNC(=O)[C@@H](N)CCCCN=C(N)N. The lowest BCUT2D eigenvalue weighted by Gasteiger charge is -2.23. The molecule has 0 heterocycles. The van der Waals surface area contributed by atoms with Gasteiger partial charge in [-0.2, -0.15) is 0 Å². The highest BCUT2D eigenvalue weighted by molar-refractivity contribution is 5.85. The van der Waals surface area contributed by atoms with Crippen LogP contribution < -0.4 is 83.5 Å². The molecule has 0 bridgehead atoms. The van der Waals surface area contributed by atoms with Crippen LogP contribution in [0.1, 0.15) is 142 Å². The molecule has 0 aromatic heterocycles. The van der Waals surface area contributed by atoms with Gasteiger partial charge in [0.25, 0.3) is 0 Å². The van der Waals surface area contributed by atoms with Crippen molar-refractivity contribution in [2.24, 2.45) is 61.6 Å². The number of unbranched alkanes of at least 4 members (excludes halogenated alkanes) is 7. The number of amides is 6. The minimum absolute atomic E-state index is 0.0263. The second-order valence-electron chi connectivity index (χ2n) is 19.0. The van der Waals surface area contributed by atoms with Crippen LogP contribution in [0.5, 0.6) is 0 Å². The average Bonchev–Trinajstić information content (AvgIpc) is 3.34. The number of guanidine groups is 2. The van der Waals surface area contributed by atoms with E-state index in [1.54, 1.807) is 14.0 Å². The first-order valence-corrected chi connectivity index (χ1v) is 26.6. The molecule has 25 nitrogen and oxygen atoms in total. The zero-order chi connectivity index (χ0) is 54.7. The van der Waals surface area contributed by atoms with E-state index in [1.165, 1.54) is 0 Å². The van der Waals surface area contributed by atoms with E-state index < -0.39 is 29.7 Å². The van der Waals surface area contributed by atoms with Crippen molar-refractivity contribution >= 4 is 47.4 Å². The molecular weight excluding hydrogens is 941 g/mol. The minimum Gasteiger partial charge on any atom is -0.383 e. The molecule has 6 amide bonds. The summed E-state index contributed by atoms with van der Waals surface area (Å²) >= 11 is 0. The maximum Gasteiger partial charge on any atom is 0.239 e. The fraction of sp³-hybridized carbons (Fsp3) is 0.833. The Kier molecular flexibility index (Phi) is 40.5. The van der Waals surface area contributed by atoms with Gasteiger partial charge < -0.3 is 93.1 Å². The molecule has 0 rings (SSSR count). The summed E-state index contributed by atoms with van der Waals surface area (Å²) in [6.45, 7) is 8.20. The largest absolute Gasteiger partial charge is 0.383 e. The van der Waals surface area contributed by atoms with Crippen LogP contribution in [0.4, 0.5) is 0 Å². The van der Waals surface area contributed by atoms with Gasteiger partial charge in [-0.15, -0.1) is 0 Å². The van der Waals surface area contributed by atoms with Gasteiger partial charge in [0.2, 0.25) is 35.4 Å². The van der Waals surface area contributed by atoms with E-state index in [1.807, 2.05) is 0 Å². The molecule has 0 aliphatic heterocycles. The predicted octanol–water partition coefficient (Wildman–Crippen LogP) is -2.60. The second kappa shape index (κ2) is 43.5. The van der Waals surface area contributed by atoms with Crippen LogP contribution in [-0.2, 0) is 33.5 Å². The van der Waals surface area contributed by atoms with Crippen molar-refractivity contribution in [3.8, 4) is 0 Å². The first kappa shape index (κ1) is 68.1. The summed E-state index contributed by atoms with van der Waals surface area (Å²) in [4.78, 5) is 84.7. The third-order valence-corrected chi connectivity index (χ3v) is 12.1. The fourth-order valence-electron chi connectivity index (χ4n) is 7.44. The highest BCUT2D eigenvalue weighted by Gasteiger charge is 2.27. The third-order valence-electron chi connectivity index (χ3n) is 12.1. The lowest BCUT2D eigenvalue weighted by molar-refractivity contribution is -0.126. The van der Waals surface area contributed by atoms with E-state index in [9.17, 15) is 28.8 Å². The molecule has 0 aliphatic rings. The lowest BCUT2D eigenvalue weighted by atomic mass is 9.95. The van der Waals surface area contributed by atoms with Crippen LogP contribution >= 0.6 is 0 Å². The number of carbonyl (C=O) groups excluding carboxylic acids is 6. The Morgan fingerprint density at radius 1 is 0.479 bits per heavy atom. The number of nitrogens with zero attached hydrogens (tertiary/aromatic N) is 3. The Morgan fingerprint density at radius 3 is 1.27 bits per heavy atom. The quantitative estimate of drug-likeness (QED) is 0.0169. The molecule has 24 N–H and O–H groups in total. The summed E-state index contributed by atoms with van der Waals surface area (Å²) in [7, 11) is 1.64. The summed E-state index contributed by atoms with van der Waals surface area (Å²) in [5.74, 6) is -1.02. The zero-order valence-electron chi connectivity index (χ0n) is 44.5. The van der Waals surface area contributed by atoms with Crippen LogP contribution in [-0.4, -0.2) is 168 Å². The van der Waals surface area contributed by atoms with Gasteiger partial charge in [0.15, 0.2) is 11.9 Å². The number of aliphatic imine (C=N–C) groups is 2. The maximum absolute atomic E-state index is 12.8. The van der Waals surface area contributed by atoms with Gasteiger partial charge in [0.1, 0.15) is 0 Å². The molecule has 0 fully saturated rings. The van der Waals surface area contributed by atoms with Crippen LogP contribution in [0.15, 0.2) is 9.98 Å². The first-order chi connectivity index (χ1) is 34.8. The van der Waals surface area contributed by atoms with Gasteiger partial charge in [-0.25, -0.2) is 0 Å². The first-order valence-electron chi connectivity index (χ1n) is 26.6. The van der Waals surface area contributed by atoms with Gasteiger partial charge in [0.05, 0.1) is 36.3 Å². The smallest absolute Gasteiger partial charge is 0.239 e. The summed E-state index contributed by atoms with van der Waals surface area (Å²) in [6.07, 6.45) is 13.6. The van der Waals surface area contributed by atoms with Gasteiger partial charge in [-0.05, 0) is 142 Å². The Hall–Kier alpha value is -4.92. The molecule has 5 atom stereocenters. The molecule has 0 radical (unpaired) electrons. The summed E-state index contributed by atoms with van der Waals surface area (Å²) in [6, 6.07) is -2.48. The Morgan fingerprint density at radius 2 is 0.849 bits per heavy atom. The third kappa shape index (κ3) is 39.2. The topological polar surface area (TPSA) is 446 Å². The molecule has 0 saturated heterocycles. The monoisotopic (exact) mass is 1040 g/mol. The van der Waals surface area contributed by atoms with E-state index in [-0.39, 0.29) is 47.4 Å². The average molecular weight is 1040 g/mol. The van der Waals surface area contributed by atoms with Crippen LogP contribution in [0.3, 0.4) is 0 Å². The summed E-state index contributed by atoms with van der Waals surface area (Å²) in [5.41, 5.74) is 50.7.